The number of amides is 1. The van der Waals surface area contributed by atoms with Crippen molar-refractivity contribution in [2.24, 2.45) is 0 Å². The summed E-state index contributed by atoms with van der Waals surface area (Å²) in [7, 11) is 0. The second kappa shape index (κ2) is 10.8. The number of carbonyl (C=O) groups is 2. The number of ether oxygens (including phenoxy) is 1. The van der Waals surface area contributed by atoms with Crippen LogP contribution in [0.3, 0.4) is 0 Å². The summed E-state index contributed by atoms with van der Waals surface area (Å²) in [4.78, 5) is 28.2. The molecule has 0 aliphatic heterocycles. The van der Waals surface area contributed by atoms with E-state index < -0.39 is 18.5 Å². The van der Waals surface area contributed by atoms with E-state index in [0.29, 0.717) is 16.7 Å². The second-order valence-electron chi connectivity index (χ2n) is 6.68. The number of nitrogens with zero attached hydrogens (tertiary/aromatic N) is 4. The fraction of sp³-hybridized carbons (Fsp3) is 0.0870. The monoisotopic (exact) mass is 479 g/mol. The van der Waals surface area contributed by atoms with Gasteiger partial charge < -0.3 is 10.1 Å². The van der Waals surface area contributed by atoms with Gasteiger partial charge in [-0.2, -0.15) is 0 Å². The molecule has 166 valence electrons. The molecule has 0 unspecified atom stereocenters. The lowest BCUT2D eigenvalue weighted by Gasteiger charge is -2.10. The van der Waals surface area contributed by atoms with E-state index in [1.165, 1.54) is 18.0 Å². The van der Waals surface area contributed by atoms with Crippen molar-refractivity contribution in [3.8, 4) is 17.1 Å². The van der Waals surface area contributed by atoms with Crippen molar-refractivity contribution in [2.45, 2.75) is 5.16 Å². The molecule has 8 nitrogen and oxygen atoms in total. The first-order valence-corrected chi connectivity index (χ1v) is 11.2. The summed E-state index contributed by atoms with van der Waals surface area (Å²) in [5.74, 6) is -0.454. The molecular weight excluding hydrogens is 462 g/mol. The number of rotatable bonds is 8. The lowest BCUT2D eigenvalue weighted by Crippen LogP contribution is -2.22. The molecule has 0 bridgehead atoms. The topological polar surface area (TPSA) is 99.0 Å². The zero-order valence-corrected chi connectivity index (χ0v) is 18.8. The van der Waals surface area contributed by atoms with Crippen LogP contribution in [0.4, 0.5) is 5.69 Å². The van der Waals surface area contributed by atoms with E-state index in [4.69, 9.17) is 16.3 Å². The van der Waals surface area contributed by atoms with Crippen LogP contribution in [-0.4, -0.2) is 44.0 Å². The Morgan fingerprint density at radius 3 is 2.42 bits per heavy atom. The van der Waals surface area contributed by atoms with Crippen molar-refractivity contribution < 1.29 is 14.3 Å². The van der Waals surface area contributed by atoms with Crippen LogP contribution in [0.5, 0.6) is 0 Å². The quantitative estimate of drug-likeness (QED) is 0.229. The van der Waals surface area contributed by atoms with Crippen LogP contribution >= 0.6 is 23.4 Å². The van der Waals surface area contributed by atoms with E-state index in [-0.39, 0.29) is 10.9 Å². The highest BCUT2D eigenvalue weighted by molar-refractivity contribution is 7.99. The van der Waals surface area contributed by atoms with Crippen LogP contribution in [0.2, 0.25) is 5.15 Å². The maximum absolute atomic E-state index is 12.2. The third-order valence-corrected chi connectivity index (χ3v) is 5.60. The summed E-state index contributed by atoms with van der Waals surface area (Å²) in [5.41, 5.74) is 2.11. The van der Waals surface area contributed by atoms with Crippen LogP contribution in [0.25, 0.3) is 17.1 Å². The lowest BCUT2D eigenvalue weighted by atomic mass is 10.2. The van der Waals surface area contributed by atoms with Gasteiger partial charge in [0.15, 0.2) is 22.7 Å². The minimum atomic E-state index is -0.559. The minimum absolute atomic E-state index is 0.0410. The maximum atomic E-state index is 12.2. The summed E-state index contributed by atoms with van der Waals surface area (Å²) >= 11 is 7.08. The second-order valence-corrected chi connectivity index (χ2v) is 7.98. The molecule has 0 saturated carbocycles. The minimum Gasteiger partial charge on any atom is -0.455 e. The molecule has 0 atom stereocenters. The fourth-order valence-electron chi connectivity index (χ4n) is 2.92. The molecule has 0 spiro atoms. The highest BCUT2D eigenvalue weighted by atomic mass is 35.5. The van der Waals surface area contributed by atoms with E-state index in [0.717, 1.165) is 11.3 Å². The Balaban J connectivity index is 1.41. The molecule has 1 amide bonds. The van der Waals surface area contributed by atoms with Gasteiger partial charge in [-0.25, -0.2) is 4.98 Å². The highest BCUT2D eigenvalue weighted by Crippen LogP contribution is 2.27. The number of benzene rings is 2. The van der Waals surface area contributed by atoms with Crippen LogP contribution in [0.15, 0.2) is 84.1 Å². The fourth-order valence-corrected chi connectivity index (χ4v) is 3.84. The van der Waals surface area contributed by atoms with Gasteiger partial charge in [0.25, 0.3) is 5.91 Å². The molecule has 0 radical (unpaired) electrons. The van der Waals surface area contributed by atoms with Gasteiger partial charge in [-0.05, 0) is 24.3 Å². The molecule has 4 aromatic rings. The Hall–Kier alpha value is -3.69. The van der Waals surface area contributed by atoms with Crippen molar-refractivity contribution in [3.05, 3.63) is 84.1 Å². The standard InChI is InChI=1S/C23H18ClN5O3S/c24-21-18(12-7-13-25-21)26-19(30)14-32-20(31)15-33-23-28-27-22(16-8-3-1-4-9-16)29(23)17-10-5-2-6-11-17/h1-13H,14-15H2,(H,26,30). The molecule has 0 fully saturated rings. The summed E-state index contributed by atoms with van der Waals surface area (Å²) in [6.45, 7) is -0.439. The van der Waals surface area contributed by atoms with Crippen LogP contribution in [0, 0.1) is 0 Å². The third-order valence-electron chi connectivity index (χ3n) is 4.40. The summed E-state index contributed by atoms with van der Waals surface area (Å²) in [5, 5.41) is 11.8. The first-order chi connectivity index (χ1) is 16.1. The first-order valence-electron chi connectivity index (χ1n) is 9.87. The van der Waals surface area contributed by atoms with Crippen molar-refractivity contribution in [1.29, 1.82) is 0 Å². The van der Waals surface area contributed by atoms with Gasteiger partial charge in [-0.15, -0.1) is 10.2 Å². The smallest absolute Gasteiger partial charge is 0.316 e. The number of esters is 1. The molecule has 2 heterocycles. The molecule has 10 heteroatoms. The number of thioether (sulfide) groups is 1. The van der Waals surface area contributed by atoms with E-state index in [1.807, 2.05) is 65.2 Å². The molecule has 2 aromatic carbocycles. The Morgan fingerprint density at radius 1 is 0.970 bits per heavy atom. The number of pyridine rings is 1. The van der Waals surface area contributed by atoms with Gasteiger partial charge in [0.05, 0.1) is 11.4 Å². The average molecular weight is 480 g/mol. The number of aromatic nitrogens is 4. The van der Waals surface area contributed by atoms with Gasteiger partial charge >= 0.3 is 5.97 Å². The molecule has 0 saturated heterocycles. The summed E-state index contributed by atoms with van der Waals surface area (Å²) < 4.78 is 6.96. The molecule has 2 aromatic heterocycles. The summed E-state index contributed by atoms with van der Waals surface area (Å²) in [6, 6.07) is 22.5. The predicted molar refractivity (Wildman–Crippen MR) is 126 cm³/mol. The molecule has 0 aliphatic rings. The average Bonchev–Trinajstić information content (AvgIpc) is 3.28. The lowest BCUT2D eigenvalue weighted by molar-refractivity contribution is -0.144. The Kier molecular flexibility index (Phi) is 7.33. The van der Waals surface area contributed by atoms with Gasteiger partial charge in [-0.1, -0.05) is 71.9 Å². The number of carbonyl (C=O) groups excluding carboxylic acids is 2. The predicted octanol–water partition coefficient (Wildman–Crippen LogP) is 4.26. The number of para-hydroxylation sites is 1. The van der Waals surface area contributed by atoms with Crippen LogP contribution in [0.1, 0.15) is 0 Å². The Labute approximate surface area is 199 Å². The SMILES string of the molecule is O=C(COC(=O)CSc1nnc(-c2ccccc2)n1-c1ccccc1)Nc1cccnc1Cl. The maximum Gasteiger partial charge on any atom is 0.316 e. The molecule has 33 heavy (non-hydrogen) atoms. The van der Waals surface area contributed by atoms with Crippen molar-refractivity contribution >= 4 is 40.9 Å². The van der Waals surface area contributed by atoms with Crippen molar-refractivity contribution in [2.75, 3.05) is 17.7 Å². The number of halogens is 1. The zero-order valence-electron chi connectivity index (χ0n) is 17.2. The third kappa shape index (κ3) is 5.76. The highest BCUT2D eigenvalue weighted by Gasteiger charge is 2.18. The largest absolute Gasteiger partial charge is 0.455 e. The van der Waals surface area contributed by atoms with Gasteiger partial charge in [0, 0.05) is 17.4 Å². The molecule has 4 rings (SSSR count). The van der Waals surface area contributed by atoms with Gasteiger partial charge in [-0.3, -0.25) is 14.2 Å². The van der Waals surface area contributed by atoms with E-state index in [2.05, 4.69) is 20.5 Å². The van der Waals surface area contributed by atoms with E-state index >= 15 is 0 Å². The van der Waals surface area contributed by atoms with E-state index in [9.17, 15) is 9.59 Å². The number of hydrogen-bond acceptors (Lipinski definition) is 7. The normalized spacial score (nSPS) is 10.6. The Bertz CT molecular complexity index is 1250. The van der Waals surface area contributed by atoms with Gasteiger partial charge in [0.2, 0.25) is 0 Å². The summed E-state index contributed by atoms with van der Waals surface area (Å²) in [6.07, 6.45) is 1.51. The van der Waals surface area contributed by atoms with Crippen molar-refractivity contribution in [3.63, 3.8) is 0 Å². The van der Waals surface area contributed by atoms with Crippen molar-refractivity contribution in [1.82, 2.24) is 19.7 Å². The van der Waals surface area contributed by atoms with Crippen LogP contribution < -0.4 is 5.32 Å². The number of nitrogens with one attached hydrogen (secondary N) is 1. The molecular formula is C23H18ClN5O3S. The first kappa shape index (κ1) is 22.5. The van der Waals surface area contributed by atoms with Crippen LogP contribution in [-0.2, 0) is 14.3 Å². The zero-order chi connectivity index (χ0) is 23.0. The van der Waals surface area contributed by atoms with E-state index in [1.54, 1.807) is 12.1 Å². The Morgan fingerprint density at radius 2 is 1.70 bits per heavy atom. The van der Waals surface area contributed by atoms with Gasteiger partial charge in [0.1, 0.15) is 0 Å². The molecule has 1 N–H and O–H groups in total. The molecule has 0 aliphatic carbocycles. The number of hydrogen-bond donors (Lipinski definition) is 1. The number of anilines is 1.